The van der Waals surface area contributed by atoms with Gasteiger partial charge in [-0.1, -0.05) is 18.2 Å². The van der Waals surface area contributed by atoms with Crippen LogP contribution in [0.5, 0.6) is 5.75 Å². The Bertz CT molecular complexity index is 454. The first-order chi connectivity index (χ1) is 8.09. The molecule has 0 amide bonds. The van der Waals surface area contributed by atoms with Gasteiger partial charge in [0.1, 0.15) is 11.5 Å². The van der Waals surface area contributed by atoms with E-state index in [1.54, 1.807) is 18.2 Å². The van der Waals surface area contributed by atoms with Gasteiger partial charge in [0.05, 0.1) is 6.26 Å². The van der Waals surface area contributed by atoms with Gasteiger partial charge in [-0.05, 0) is 24.3 Å². The number of para-hydroxylation sites is 1. The third-order valence-electron chi connectivity index (χ3n) is 2.13. The number of rotatable bonds is 4. The quantitative estimate of drug-likeness (QED) is 0.893. The molecule has 1 aromatic carbocycles. The maximum Gasteiger partial charge on any atom is 0.432 e. The molecule has 2 rings (SSSR count). The van der Waals surface area contributed by atoms with Gasteiger partial charge in [-0.3, -0.25) is 0 Å². The van der Waals surface area contributed by atoms with Gasteiger partial charge in [0.2, 0.25) is 6.10 Å². The summed E-state index contributed by atoms with van der Waals surface area (Å²) in [5.41, 5.74) is 0. The van der Waals surface area contributed by atoms with Crippen molar-refractivity contribution in [1.82, 2.24) is 0 Å². The third kappa shape index (κ3) is 2.62. The number of benzene rings is 1. The van der Waals surface area contributed by atoms with Gasteiger partial charge in [0.25, 0.3) is 0 Å². The van der Waals surface area contributed by atoms with Gasteiger partial charge in [0.15, 0.2) is 0 Å². The predicted molar refractivity (Wildman–Crippen MR) is 55.7 cm³/mol. The van der Waals surface area contributed by atoms with Crippen molar-refractivity contribution in [2.24, 2.45) is 0 Å². The normalized spacial score (nSPS) is 13.4. The second-order valence-corrected chi connectivity index (χ2v) is 3.39. The second-order valence-electron chi connectivity index (χ2n) is 3.39. The van der Waals surface area contributed by atoms with Crippen LogP contribution < -0.4 is 4.74 Å². The molecule has 1 unspecified atom stereocenters. The molecule has 0 spiro atoms. The number of aliphatic hydroxyl groups is 1. The fourth-order valence-corrected chi connectivity index (χ4v) is 1.31. The first-order valence-corrected chi connectivity index (χ1v) is 4.93. The number of alkyl halides is 2. The van der Waals surface area contributed by atoms with Crippen molar-refractivity contribution in [3.05, 3.63) is 54.5 Å². The van der Waals surface area contributed by atoms with Crippen LogP contribution in [0.3, 0.4) is 0 Å². The molecule has 0 aliphatic rings. The van der Waals surface area contributed by atoms with Crippen molar-refractivity contribution in [2.45, 2.75) is 12.2 Å². The molecule has 0 saturated heterocycles. The van der Waals surface area contributed by atoms with Gasteiger partial charge in [-0.15, -0.1) is 0 Å². The molecule has 3 nitrogen and oxygen atoms in total. The van der Waals surface area contributed by atoms with Crippen molar-refractivity contribution >= 4 is 0 Å². The van der Waals surface area contributed by atoms with Crippen LogP contribution in [0, 0.1) is 0 Å². The minimum Gasteiger partial charge on any atom is -0.466 e. The molecule has 0 fully saturated rings. The highest BCUT2D eigenvalue weighted by Crippen LogP contribution is 2.33. The molecule has 1 heterocycles. The zero-order valence-corrected chi connectivity index (χ0v) is 8.72. The van der Waals surface area contributed by atoms with Crippen molar-refractivity contribution in [2.75, 3.05) is 0 Å². The van der Waals surface area contributed by atoms with Gasteiger partial charge in [0, 0.05) is 0 Å². The van der Waals surface area contributed by atoms with Crippen molar-refractivity contribution in [3.63, 3.8) is 0 Å². The van der Waals surface area contributed by atoms with Crippen LogP contribution in [0.15, 0.2) is 53.1 Å². The Balaban J connectivity index is 2.14. The number of hydrogen-bond acceptors (Lipinski definition) is 3. The zero-order chi connectivity index (χ0) is 12.3. The SMILES string of the molecule is OC(c1ccco1)C(F)(F)Oc1ccccc1. The Morgan fingerprint density at radius 2 is 1.82 bits per heavy atom. The summed E-state index contributed by atoms with van der Waals surface area (Å²) in [6.07, 6.45) is -4.69. The molecule has 5 heteroatoms. The zero-order valence-electron chi connectivity index (χ0n) is 8.72. The lowest BCUT2D eigenvalue weighted by molar-refractivity contribution is -0.246. The van der Waals surface area contributed by atoms with Gasteiger partial charge in [-0.2, -0.15) is 8.78 Å². The molecule has 0 bridgehead atoms. The monoisotopic (exact) mass is 240 g/mol. The Hall–Kier alpha value is -1.88. The summed E-state index contributed by atoms with van der Waals surface area (Å²) in [6.45, 7) is 0. The Kier molecular flexibility index (Phi) is 3.10. The summed E-state index contributed by atoms with van der Waals surface area (Å²) in [5, 5.41) is 9.43. The summed E-state index contributed by atoms with van der Waals surface area (Å²) < 4.78 is 36.2. The van der Waals surface area contributed by atoms with E-state index in [4.69, 9.17) is 4.42 Å². The standard InChI is InChI=1S/C12H10F2O3/c13-12(14,11(15)10-7-4-8-16-10)17-9-5-2-1-3-6-9/h1-8,11,15H. The minimum atomic E-state index is -3.75. The fourth-order valence-electron chi connectivity index (χ4n) is 1.31. The van der Waals surface area contributed by atoms with E-state index in [1.807, 2.05) is 0 Å². The topological polar surface area (TPSA) is 42.6 Å². The summed E-state index contributed by atoms with van der Waals surface area (Å²) in [7, 11) is 0. The Morgan fingerprint density at radius 1 is 1.12 bits per heavy atom. The average Bonchev–Trinajstić information content (AvgIpc) is 2.82. The largest absolute Gasteiger partial charge is 0.466 e. The van der Waals surface area contributed by atoms with Crippen LogP contribution in [0.25, 0.3) is 0 Å². The highest BCUT2D eigenvalue weighted by molar-refractivity contribution is 5.21. The van der Waals surface area contributed by atoms with Crippen LogP contribution in [0.4, 0.5) is 8.78 Å². The van der Waals surface area contributed by atoms with E-state index in [2.05, 4.69) is 4.74 Å². The summed E-state index contributed by atoms with van der Waals surface area (Å²) in [4.78, 5) is 0. The van der Waals surface area contributed by atoms with E-state index in [0.717, 1.165) is 0 Å². The third-order valence-corrected chi connectivity index (χ3v) is 2.13. The smallest absolute Gasteiger partial charge is 0.432 e. The number of ether oxygens (including phenoxy) is 1. The fraction of sp³-hybridized carbons (Fsp3) is 0.167. The molecule has 0 radical (unpaired) electrons. The van der Waals surface area contributed by atoms with Crippen LogP contribution >= 0.6 is 0 Å². The molecule has 1 aromatic heterocycles. The number of furan rings is 1. The Labute approximate surface area is 96.3 Å². The van der Waals surface area contributed by atoms with Crippen molar-refractivity contribution in [3.8, 4) is 5.75 Å². The van der Waals surface area contributed by atoms with Gasteiger partial charge >= 0.3 is 6.11 Å². The maximum absolute atomic E-state index is 13.5. The average molecular weight is 240 g/mol. The van der Waals surface area contributed by atoms with E-state index in [1.165, 1.54) is 30.5 Å². The molecule has 0 aliphatic heterocycles. The molecular weight excluding hydrogens is 230 g/mol. The number of hydrogen-bond donors (Lipinski definition) is 1. The molecular formula is C12H10F2O3. The van der Waals surface area contributed by atoms with E-state index < -0.39 is 12.2 Å². The van der Waals surface area contributed by atoms with Crippen molar-refractivity contribution < 1.29 is 23.0 Å². The maximum atomic E-state index is 13.5. The first kappa shape index (κ1) is 11.6. The molecule has 0 saturated carbocycles. The van der Waals surface area contributed by atoms with E-state index >= 15 is 0 Å². The van der Waals surface area contributed by atoms with E-state index in [9.17, 15) is 13.9 Å². The summed E-state index contributed by atoms with van der Waals surface area (Å²) in [5.74, 6) is -0.269. The molecule has 0 aliphatic carbocycles. The lowest BCUT2D eigenvalue weighted by Gasteiger charge is -2.21. The van der Waals surface area contributed by atoms with Crippen molar-refractivity contribution in [1.29, 1.82) is 0 Å². The van der Waals surface area contributed by atoms with Gasteiger partial charge in [-0.25, -0.2) is 0 Å². The van der Waals surface area contributed by atoms with Crippen LogP contribution in [0.2, 0.25) is 0 Å². The number of aliphatic hydroxyl groups excluding tert-OH is 1. The molecule has 1 atom stereocenters. The van der Waals surface area contributed by atoms with Gasteiger partial charge < -0.3 is 14.3 Å². The van der Waals surface area contributed by atoms with Crippen LogP contribution in [0.1, 0.15) is 11.9 Å². The minimum absolute atomic E-state index is 0.0249. The summed E-state index contributed by atoms with van der Waals surface area (Å²) in [6, 6.07) is 10.2. The summed E-state index contributed by atoms with van der Waals surface area (Å²) >= 11 is 0. The van der Waals surface area contributed by atoms with Crippen LogP contribution in [-0.2, 0) is 0 Å². The molecule has 1 N–H and O–H groups in total. The lowest BCUT2D eigenvalue weighted by atomic mass is 10.2. The van der Waals surface area contributed by atoms with E-state index in [-0.39, 0.29) is 11.5 Å². The predicted octanol–water partition coefficient (Wildman–Crippen LogP) is 2.98. The Morgan fingerprint density at radius 3 is 2.41 bits per heavy atom. The van der Waals surface area contributed by atoms with E-state index in [0.29, 0.717) is 0 Å². The molecule has 90 valence electrons. The number of halogens is 2. The molecule has 17 heavy (non-hydrogen) atoms. The second kappa shape index (κ2) is 4.55. The first-order valence-electron chi connectivity index (χ1n) is 4.93. The van der Waals surface area contributed by atoms with Crippen LogP contribution in [-0.4, -0.2) is 11.2 Å². The highest BCUT2D eigenvalue weighted by atomic mass is 19.3. The molecule has 2 aromatic rings. The highest BCUT2D eigenvalue weighted by Gasteiger charge is 2.44. The lowest BCUT2D eigenvalue weighted by Crippen LogP contribution is -2.32.